The van der Waals surface area contributed by atoms with Crippen LogP contribution in [-0.4, -0.2) is 22.5 Å². The average Bonchev–Trinajstić information content (AvgIpc) is 3.14. The number of nitrogens with zero attached hydrogens (tertiary/aromatic N) is 1. The van der Waals surface area contributed by atoms with Crippen molar-refractivity contribution < 1.29 is 9.90 Å². The van der Waals surface area contributed by atoms with Gasteiger partial charge in [-0.1, -0.05) is 67.8 Å². The summed E-state index contributed by atoms with van der Waals surface area (Å²) in [5.74, 6) is -0.686. The van der Waals surface area contributed by atoms with Crippen LogP contribution in [0.3, 0.4) is 0 Å². The number of aromatic nitrogens is 1. The van der Waals surface area contributed by atoms with Crippen molar-refractivity contribution in [2.75, 3.05) is 12.4 Å². The molecule has 0 unspecified atom stereocenters. The SMILES string of the molecule is CNc1c(C)nsc1-c1ccc(-c2ccc(C3(C(=O)O)CCCCC3)cc2)cc1. The number of hydrogen-bond acceptors (Lipinski definition) is 4. The molecule has 4 nitrogen and oxygen atoms in total. The molecule has 0 radical (unpaired) electrons. The van der Waals surface area contributed by atoms with E-state index in [1.54, 1.807) is 0 Å². The van der Waals surface area contributed by atoms with Crippen LogP contribution in [0.1, 0.15) is 43.4 Å². The maximum Gasteiger partial charge on any atom is 0.314 e. The molecule has 150 valence electrons. The van der Waals surface area contributed by atoms with Crippen LogP contribution in [0.5, 0.6) is 0 Å². The molecular weight excluding hydrogens is 380 g/mol. The second-order valence-electron chi connectivity index (χ2n) is 7.82. The van der Waals surface area contributed by atoms with Gasteiger partial charge in [-0.3, -0.25) is 4.79 Å². The zero-order chi connectivity index (χ0) is 20.4. The molecule has 0 aliphatic heterocycles. The highest BCUT2D eigenvalue weighted by molar-refractivity contribution is 7.10. The van der Waals surface area contributed by atoms with Crippen molar-refractivity contribution in [3.63, 3.8) is 0 Å². The van der Waals surface area contributed by atoms with Crippen LogP contribution in [0.2, 0.25) is 0 Å². The lowest BCUT2D eigenvalue weighted by atomic mass is 9.69. The monoisotopic (exact) mass is 406 g/mol. The van der Waals surface area contributed by atoms with Crippen molar-refractivity contribution in [2.24, 2.45) is 0 Å². The standard InChI is InChI=1S/C24H26N2O2S/c1-16-21(25-2)22(29-26-16)19-8-6-17(7-9-19)18-10-12-20(13-11-18)24(23(27)28)14-4-3-5-15-24/h6-13,25H,3-5,14-15H2,1-2H3,(H,27,28). The zero-order valence-corrected chi connectivity index (χ0v) is 17.7. The third kappa shape index (κ3) is 3.55. The van der Waals surface area contributed by atoms with Gasteiger partial charge in [0, 0.05) is 7.05 Å². The van der Waals surface area contributed by atoms with Crippen LogP contribution >= 0.6 is 11.5 Å². The summed E-state index contributed by atoms with van der Waals surface area (Å²) in [6.45, 7) is 2.01. The van der Waals surface area contributed by atoms with Gasteiger partial charge in [-0.15, -0.1) is 0 Å². The van der Waals surface area contributed by atoms with Crippen molar-refractivity contribution in [1.82, 2.24) is 4.37 Å². The summed E-state index contributed by atoms with van der Waals surface area (Å²) < 4.78 is 4.45. The topological polar surface area (TPSA) is 62.2 Å². The molecule has 1 fully saturated rings. The Labute approximate surface area is 175 Å². The molecule has 2 aromatic carbocycles. The number of hydrogen-bond donors (Lipinski definition) is 2. The van der Waals surface area contributed by atoms with Crippen LogP contribution in [0.25, 0.3) is 21.6 Å². The maximum absolute atomic E-state index is 12.0. The quantitative estimate of drug-likeness (QED) is 0.536. The van der Waals surface area contributed by atoms with Crippen LogP contribution in [0.4, 0.5) is 5.69 Å². The molecule has 1 aliphatic carbocycles. The van der Waals surface area contributed by atoms with Gasteiger partial charge in [0.05, 0.1) is 21.7 Å². The number of rotatable bonds is 5. The predicted molar refractivity (Wildman–Crippen MR) is 120 cm³/mol. The van der Waals surface area contributed by atoms with E-state index in [0.717, 1.165) is 70.6 Å². The summed E-state index contributed by atoms with van der Waals surface area (Å²) >= 11 is 1.51. The Morgan fingerprint density at radius 3 is 2.07 bits per heavy atom. The first kappa shape index (κ1) is 19.6. The van der Waals surface area contributed by atoms with Gasteiger partial charge in [-0.25, -0.2) is 0 Å². The van der Waals surface area contributed by atoms with E-state index in [1.807, 2.05) is 26.1 Å². The number of carboxylic acids is 1. The molecule has 1 heterocycles. The Morgan fingerprint density at radius 1 is 0.966 bits per heavy atom. The number of carbonyl (C=O) groups is 1. The lowest BCUT2D eigenvalue weighted by Gasteiger charge is -2.33. The van der Waals surface area contributed by atoms with Crippen molar-refractivity contribution in [3.8, 4) is 21.6 Å². The fraction of sp³-hybridized carbons (Fsp3) is 0.333. The second kappa shape index (κ2) is 7.99. The number of nitrogens with one attached hydrogen (secondary N) is 1. The van der Waals surface area contributed by atoms with E-state index >= 15 is 0 Å². The summed E-state index contributed by atoms with van der Waals surface area (Å²) in [7, 11) is 1.92. The third-order valence-electron chi connectivity index (χ3n) is 6.15. The van der Waals surface area contributed by atoms with Crippen LogP contribution in [-0.2, 0) is 10.2 Å². The van der Waals surface area contributed by atoms with E-state index in [1.165, 1.54) is 11.5 Å². The van der Waals surface area contributed by atoms with Gasteiger partial charge >= 0.3 is 5.97 Å². The summed E-state index contributed by atoms with van der Waals surface area (Å²) in [5.41, 5.74) is 5.69. The zero-order valence-electron chi connectivity index (χ0n) is 16.9. The lowest BCUT2D eigenvalue weighted by Crippen LogP contribution is -2.37. The molecular formula is C24H26N2O2S. The minimum absolute atomic E-state index is 0.686. The Morgan fingerprint density at radius 2 is 1.52 bits per heavy atom. The first-order chi connectivity index (χ1) is 14.0. The maximum atomic E-state index is 12.0. The fourth-order valence-electron chi connectivity index (χ4n) is 4.44. The molecule has 0 spiro atoms. The number of aliphatic carboxylic acids is 1. The van der Waals surface area contributed by atoms with E-state index in [2.05, 4.69) is 46.1 Å². The van der Waals surface area contributed by atoms with Crippen molar-refractivity contribution in [1.29, 1.82) is 0 Å². The number of benzene rings is 2. The Balaban J connectivity index is 1.60. The fourth-order valence-corrected chi connectivity index (χ4v) is 5.34. The molecule has 3 aromatic rings. The Kier molecular flexibility index (Phi) is 5.41. The number of anilines is 1. The van der Waals surface area contributed by atoms with E-state index < -0.39 is 11.4 Å². The smallest absolute Gasteiger partial charge is 0.314 e. The summed E-state index contributed by atoms with van der Waals surface area (Å²) in [5, 5.41) is 13.1. The molecule has 0 saturated heterocycles. The highest BCUT2D eigenvalue weighted by Gasteiger charge is 2.41. The first-order valence-electron chi connectivity index (χ1n) is 10.1. The van der Waals surface area contributed by atoms with E-state index in [4.69, 9.17) is 0 Å². The predicted octanol–water partition coefficient (Wildman–Crippen LogP) is 6.11. The first-order valence-corrected chi connectivity index (χ1v) is 10.9. The molecule has 1 aromatic heterocycles. The minimum Gasteiger partial charge on any atom is -0.481 e. The molecule has 1 saturated carbocycles. The van der Waals surface area contributed by atoms with Gasteiger partial charge in [-0.05, 0) is 53.6 Å². The average molecular weight is 407 g/mol. The van der Waals surface area contributed by atoms with Gasteiger partial charge in [-0.2, -0.15) is 4.37 Å². The van der Waals surface area contributed by atoms with Gasteiger partial charge in [0.15, 0.2) is 0 Å². The molecule has 4 rings (SSSR count). The van der Waals surface area contributed by atoms with Crippen LogP contribution in [0.15, 0.2) is 48.5 Å². The molecule has 5 heteroatoms. The van der Waals surface area contributed by atoms with E-state index in [-0.39, 0.29) is 0 Å². The van der Waals surface area contributed by atoms with Gasteiger partial charge in [0.25, 0.3) is 0 Å². The van der Waals surface area contributed by atoms with Gasteiger partial charge in [0.2, 0.25) is 0 Å². The second-order valence-corrected chi connectivity index (χ2v) is 8.60. The van der Waals surface area contributed by atoms with Crippen LogP contribution < -0.4 is 5.32 Å². The van der Waals surface area contributed by atoms with E-state index in [0.29, 0.717) is 0 Å². The van der Waals surface area contributed by atoms with Gasteiger partial charge in [0.1, 0.15) is 0 Å². The molecule has 29 heavy (non-hydrogen) atoms. The minimum atomic E-state index is -0.714. The van der Waals surface area contributed by atoms with Crippen molar-refractivity contribution in [3.05, 3.63) is 59.8 Å². The third-order valence-corrected chi connectivity index (χ3v) is 7.13. The van der Waals surface area contributed by atoms with Crippen LogP contribution in [0, 0.1) is 6.92 Å². The lowest BCUT2D eigenvalue weighted by molar-refractivity contribution is -0.145. The summed E-state index contributed by atoms with van der Waals surface area (Å²) in [6.07, 6.45) is 4.58. The number of carboxylic acid groups (broad SMARTS) is 1. The normalized spacial score (nSPS) is 15.8. The van der Waals surface area contributed by atoms with Crippen molar-refractivity contribution >= 4 is 23.2 Å². The highest BCUT2D eigenvalue weighted by Crippen LogP contribution is 2.40. The van der Waals surface area contributed by atoms with Gasteiger partial charge < -0.3 is 10.4 Å². The molecule has 2 N–H and O–H groups in total. The summed E-state index contributed by atoms with van der Waals surface area (Å²) in [6, 6.07) is 16.6. The Bertz CT molecular complexity index is 1000. The van der Waals surface area contributed by atoms with E-state index in [9.17, 15) is 9.90 Å². The number of aryl methyl sites for hydroxylation is 1. The molecule has 1 aliphatic rings. The van der Waals surface area contributed by atoms with Crippen molar-refractivity contribution in [2.45, 2.75) is 44.4 Å². The summed E-state index contributed by atoms with van der Waals surface area (Å²) in [4.78, 5) is 13.2. The molecule has 0 bridgehead atoms. The largest absolute Gasteiger partial charge is 0.481 e. The molecule has 0 atom stereocenters. The molecule has 0 amide bonds. The highest BCUT2D eigenvalue weighted by atomic mass is 32.1. The Hall–Kier alpha value is -2.66.